The van der Waals surface area contributed by atoms with E-state index >= 15 is 0 Å². The first-order valence-corrected chi connectivity index (χ1v) is 6.28. The van der Waals surface area contributed by atoms with Gasteiger partial charge in [0.05, 0.1) is 23.9 Å². The Balaban J connectivity index is 2.47. The van der Waals surface area contributed by atoms with E-state index < -0.39 is 0 Å². The average Bonchev–Trinajstić information content (AvgIpc) is 2.43. The molecule has 0 heterocycles. The molecule has 0 aliphatic carbocycles. The average molecular weight is 251 g/mol. The van der Waals surface area contributed by atoms with E-state index in [1.54, 1.807) is 0 Å². The molecule has 3 heteroatoms. The highest BCUT2D eigenvalue weighted by Gasteiger charge is 2.13. The molecule has 0 bridgehead atoms. The molecular weight excluding hydrogens is 234 g/mol. The van der Waals surface area contributed by atoms with Gasteiger partial charge in [-0.3, -0.25) is 0 Å². The summed E-state index contributed by atoms with van der Waals surface area (Å²) in [6.07, 6.45) is 0.461. The molecular formula is C16H17N3. The predicted octanol–water partition coefficient (Wildman–Crippen LogP) is 3.63. The van der Waals surface area contributed by atoms with Crippen molar-refractivity contribution in [2.24, 2.45) is 0 Å². The molecule has 0 spiro atoms. The van der Waals surface area contributed by atoms with Gasteiger partial charge in [-0.15, -0.1) is 0 Å². The summed E-state index contributed by atoms with van der Waals surface area (Å²) in [5.41, 5.74) is 10.0. The molecule has 2 aromatic rings. The van der Waals surface area contributed by atoms with Gasteiger partial charge in [-0.1, -0.05) is 30.3 Å². The highest BCUT2D eigenvalue weighted by atomic mass is 15.1. The first kappa shape index (κ1) is 13.0. The molecule has 0 unspecified atom stereocenters. The van der Waals surface area contributed by atoms with Crippen LogP contribution in [0.2, 0.25) is 0 Å². The zero-order chi connectivity index (χ0) is 13.7. The second-order valence-electron chi connectivity index (χ2n) is 4.41. The van der Waals surface area contributed by atoms with Crippen molar-refractivity contribution in [3.8, 4) is 6.07 Å². The maximum Gasteiger partial charge on any atom is 0.0674 e. The maximum atomic E-state index is 8.84. The fraction of sp³-hybridized carbons (Fsp3) is 0.188. The summed E-state index contributed by atoms with van der Waals surface area (Å²) in [5.74, 6) is 0. The van der Waals surface area contributed by atoms with E-state index in [1.807, 2.05) is 55.5 Å². The lowest BCUT2D eigenvalue weighted by molar-refractivity contribution is 0.944. The molecule has 0 amide bonds. The van der Waals surface area contributed by atoms with E-state index in [0.717, 1.165) is 22.6 Å². The van der Waals surface area contributed by atoms with Crippen LogP contribution in [0.25, 0.3) is 0 Å². The monoisotopic (exact) mass is 251 g/mol. The van der Waals surface area contributed by atoms with Crippen molar-refractivity contribution < 1.29 is 0 Å². The Hall–Kier alpha value is -2.47. The molecule has 0 atom stereocenters. The number of nitriles is 1. The number of hydrogen-bond acceptors (Lipinski definition) is 3. The first-order chi connectivity index (χ1) is 9.24. The van der Waals surface area contributed by atoms with Crippen LogP contribution in [0.5, 0.6) is 0 Å². The number of hydrogen-bond donors (Lipinski definition) is 1. The van der Waals surface area contributed by atoms with Crippen molar-refractivity contribution in [1.82, 2.24) is 0 Å². The summed E-state index contributed by atoms with van der Waals surface area (Å²) in [6.45, 7) is 2.67. The molecule has 19 heavy (non-hydrogen) atoms. The quantitative estimate of drug-likeness (QED) is 0.844. The van der Waals surface area contributed by atoms with Crippen LogP contribution >= 0.6 is 0 Å². The van der Waals surface area contributed by atoms with E-state index in [1.165, 1.54) is 0 Å². The van der Waals surface area contributed by atoms with Gasteiger partial charge in [-0.05, 0) is 30.7 Å². The number of anilines is 3. The summed E-state index contributed by atoms with van der Waals surface area (Å²) in [5, 5.41) is 8.84. The minimum atomic E-state index is 0.461. The van der Waals surface area contributed by atoms with Crippen LogP contribution in [0.15, 0.2) is 48.5 Å². The fourth-order valence-electron chi connectivity index (χ4n) is 2.19. The largest absolute Gasteiger partial charge is 0.397 e. The van der Waals surface area contributed by atoms with Crippen molar-refractivity contribution >= 4 is 17.1 Å². The van der Waals surface area contributed by atoms with Crippen LogP contribution in [0.1, 0.15) is 12.0 Å². The number of nitrogen functional groups attached to an aromatic ring is 1. The minimum Gasteiger partial charge on any atom is -0.397 e. The third kappa shape index (κ3) is 2.86. The van der Waals surface area contributed by atoms with Gasteiger partial charge >= 0.3 is 0 Å². The first-order valence-electron chi connectivity index (χ1n) is 6.28. The summed E-state index contributed by atoms with van der Waals surface area (Å²) in [6, 6.07) is 18.1. The molecule has 0 aliphatic heterocycles. The normalized spacial score (nSPS) is 9.89. The lowest BCUT2D eigenvalue weighted by Gasteiger charge is -2.27. The predicted molar refractivity (Wildman–Crippen MR) is 79.3 cm³/mol. The molecule has 2 rings (SSSR count). The minimum absolute atomic E-state index is 0.461. The van der Waals surface area contributed by atoms with Crippen LogP contribution in [0, 0.1) is 18.3 Å². The SMILES string of the molecule is Cc1cccc(N)c1N(CCC#N)c1ccccc1. The summed E-state index contributed by atoms with van der Waals surface area (Å²) >= 11 is 0. The third-order valence-corrected chi connectivity index (χ3v) is 3.05. The van der Waals surface area contributed by atoms with Crippen LogP contribution in [-0.2, 0) is 0 Å². The second kappa shape index (κ2) is 5.92. The topological polar surface area (TPSA) is 53.0 Å². The molecule has 3 nitrogen and oxygen atoms in total. The van der Waals surface area contributed by atoms with Crippen molar-refractivity contribution in [3.63, 3.8) is 0 Å². The smallest absolute Gasteiger partial charge is 0.0674 e. The van der Waals surface area contributed by atoms with Gasteiger partial charge in [-0.2, -0.15) is 5.26 Å². The molecule has 2 aromatic carbocycles. The molecule has 0 aromatic heterocycles. The van der Waals surface area contributed by atoms with Crippen LogP contribution < -0.4 is 10.6 Å². The number of para-hydroxylation sites is 2. The third-order valence-electron chi connectivity index (χ3n) is 3.05. The van der Waals surface area contributed by atoms with E-state index in [0.29, 0.717) is 13.0 Å². The van der Waals surface area contributed by atoms with E-state index in [-0.39, 0.29) is 0 Å². The van der Waals surface area contributed by atoms with Crippen molar-refractivity contribution in [2.75, 3.05) is 17.2 Å². The Morgan fingerprint density at radius 3 is 2.47 bits per heavy atom. The molecule has 0 radical (unpaired) electrons. The highest BCUT2D eigenvalue weighted by Crippen LogP contribution is 2.33. The Morgan fingerprint density at radius 1 is 1.11 bits per heavy atom. The summed E-state index contributed by atoms with van der Waals surface area (Å²) in [4.78, 5) is 2.11. The van der Waals surface area contributed by atoms with Gasteiger partial charge in [0, 0.05) is 12.2 Å². The zero-order valence-electron chi connectivity index (χ0n) is 11.0. The molecule has 2 N–H and O–H groups in total. The van der Waals surface area contributed by atoms with Gasteiger partial charge in [0.2, 0.25) is 0 Å². The summed E-state index contributed by atoms with van der Waals surface area (Å²) in [7, 11) is 0. The van der Waals surface area contributed by atoms with E-state index in [2.05, 4.69) is 11.0 Å². The van der Waals surface area contributed by atoms with Gasteiger partial charge in [-0.25, -0.2) is 0 Å². The van der Waals surface area contributed by atoms with Crippen molar-refractivity contribution in [3.05, 3.63) is 54.1 Å². The molecule has 0 fully saturated rings. The van der Waals surface area contributed by atoms with Crippen molar-refractivity contribution in [2.45, 2.75) is 13.3 Å². The van der Waals surface area contributed by atoms with Crippen LogP contribution in [-0.4, -0.2) is 6.54 Å². The second-order valence-corrected chi connectivity index (χ2v) is 4.41. The van der Waals surface area contributed by atoms with Gasteiger partial charge in [0.25, 0.3) is 0 Å². The van der Waals surface area contributed by atoms with Gasteiger partial charge in [0.1, 0.15) is 0 Å². The molecule has 96 valence electrons. The number of rotatable bonds is 4. The number of nitrogens with two attached hydrogens (primary N) is 1. The number of nitrogens with zero attached hydrogens (tertiary/aromatic N) is 2. The standard InChI is InChI=1S/C16H17N3/c1-13-7-5-10-15(18)16(13)19(12-6-11-17)14-8-3-2-4-9-14/h2-5,7-10H,6,12,18H2,1H3. The Kier molecular flexibility index (Phi) is 4.04. The molecule has 0 saturated heterocycles. The van der Waals surface area contributed by atoms with Gasteiger partial charge < -0.3 is 10.6 Å². The molecule has 0 aliphatic rings. The van der Waals surface area contributed by atoms with Gasteiger partial charge in [0.15, 0.2) is 0 Å². The number of benzene rings is 2. The van der Waals surface area contributed by atoms with Crippen LogP contribution in [0.4, 0.5) is 17.1 Å². The lowest BCUT2D eigenvalue weighted by Crippen LogP contribution is -2.20. The lowest BCUT2D eigenvalue weighted by atomic mass is 10.1. The summed E-state index contributed by atoms with van der Waals surface area (Å²) < 4.78 is 0. The fourth-order valence-corrected chi connectivity index (χ4v) is 2.19. The van der Waals surface area contributed by atoms with E-state index in [4.69, 9.17) is 11.0 Å². The Morgan fingerprint density at radius 2 is 1.84 bits per heavy atom. The number of aryl methyl sites for hydroxylation is 1. The van der Waals surface area contributed by atoms with Crippen molar-refractivity contribution in [1.29, 1.82) is 5.26 Å². The Bertz CT molecular complexity index is 564. The molecule has 0 saturated carbocycles. The highest BCUT2D eigenvalue weighted by molar-refractivity contribution is 5.77. The van der Waals surface area contributed by atoms with E-state index in [9.17, 15) is 0 Å². The zero-order valence-corrected chi connectivity index (χ0v) is 11.0. The van der Waals surface area contributed by atoms with Crippen LogP contribution in [0.3, 0.4) is 0 Å². The Labute approximate surface area is 113 Å². The maximum absolute atomic E-state index is 8.84.